The summed E-state index contributed by atoms with van der Waals surface area (Å²) in [5.74, 6) is 2.16. The van der Waals surface area contributed by atoms with Crippen molar-refractivity contribution < 1.29 is 0 Å². The third kappa shape index (κ3) is 5.39. The van der Waals surface area contributed by atoms with Crippen molar-refractivity contribution >= 4 is 21.6 Å². The average molecular weight is 683 g/mol. The molecule has 1 unspecified atom stereocenters. The Hall–Kier alpha value is -6.56. The molecule has 52 heavy (non-hydrogen) atoms. The molecule has 4 nitrogen and oxygen atoms in total. The molecule has 1 aliphatic rings. The Labute approximate surface area is 305 Å². The van der Waals surface area contributed by atoms with Crippen LogP contribution in [0.4, 0.5) is 0 Å². The minimum Gasteiger partial charge on any atom is -0.236 e. The van der Waals surface area contributed by atoms with Crippen LogP contribution in [0, 0.1) is 0 Å². The maximum atomic E-state index is 5.14. The van der Waals surface area contributed by atoms with Crippen LogP contribution in [-0.2, 0) is 0 Å². The van der Waals surface area contributed by atoms with Gasteiger partial charge in [-0.15, -0.1) is 11.3 Å². The first kappa shape index (κ1) is 30.3. The van der Waals surface area contributed by atoms with E-state index in [0.717, 1.165) is 37.5 Å². The van der Waals surface area contributed by atoms with Gasteiger partial charge in [-0.05, 0) is 69.3 Å². The highest BCUT2D eigenvalue weighted by atomic mass is 32.1. The molecule has 1 aliphatic carbocycles. The molecule has 0 saturated heterocycles. The van der Waals surface area contributed by atoms with Gasteiger partial charge in [0.05, 0.1) is 10.2 Å². The Morgan fingerprint density at radius 1 is 0.365 bits per heavy atom. The molecular formula is C47H30N4S. The van der Waals surface area contributed by atoms with Crippen molar-refractivity contribution in [1.82, 2.24) is 19.9 Å². The summed E-state index contributed by atoms with van der Waals surface area (Å²) in [6, 6.07) is 61.8. The lowest BCUT2D eigenvalue weighted by Crippen LogP contribution is -2.00. The van der Waals surface area contributed by atoms with E-state index in [1.165, 1.54) is 38.9 Å². The van der Waals surface area contributed by atoms with Crippen molar-refractivity contribution in [3.05, 3.63) is 193 Å². The minimum atomic E-state index is 0.243. The molecular weight excluding hydrogens is 653 g/mol. The summed E-state index contributed by atoms with van der Waals surface area (Å²) in [5, 5.41) is 0.982. The normalized spacial score (nSPS) is 13.2. The van der Waals surface area contributed by atoms with Gasteiger partial charge in [0, 0.05) is 28.2 Å². The molecule has 0 amide bonds. The zero-order valence-electron chi connectivity index (χ0n) is 28.0. The molecule has 10 rings (SSSR count). The van der Waals surface area contributed by atoms with E-state index in [1.54, 1.807) is 11.3 Å². The van der Waals surface area contributed by atoms with Gasteiger partial charge in [0.2, 0.25) is 0 Å². The molecule has 5 heteroatoms. The second-order valence-electron chi connectivity index (χ2n) is 13.1. The molecule has 7 aromatic carbocycles. The van der Waals surface area contributed by atoms with Crippen LogP contribution >= 0.6 is 11.3 Å². The van der Waals surface area contributed by atoms with Gasteiger partial charge >= 0.3 is 0 Å². The van der Waals surface area contributed by atoms with E-state index in [1.807, 2.05) is 60.7 Å². The van der Waals surface area contributed by atoms with Crippen LogP contribution in [0.15, 0.2) is 176 Å². The summed E-state index contributed by atoms with van der Waals surface area (Å²) in [4.78, 5) is 19.9. The Morgan fingerprint density at radius 3 is 1.65 bits per heavy atom. The van der Waals surface area contributed by atoms with E-state index in [4.69, 9.17) is 19.9 Å². The lowest BCUT2D eigenvalue weighted by Gasteiger charge is -2.14. The van der Waals surface area contributed by atoms with Gasteiger partial charge in [0.1, 0.15) is 5.01 Å². The van der Waals surface area contributed by atoms with Crippen LogP contribution in [-0.4, -0.2) is 19.9 Å². The summed E-state index contributed by atoms with van der Waals surface area (Å²) in [7, 11) is 0. The van der Waals surface area contributed by atoms with Gasteiger partial charge in [-0.2, -0.15) is 0 Å². The fourth-order valence-corrected chi connectivity index (χ4v) is 8.29. The van der Waals surface area contributed by atoms with E-state index >= 15 is 0 Å². The number of aromatic nitrogens is 4. The molecule has 0 fully saturated rings. The van der Waals surface area contributed by atoms with Crippen LogP contribution in [0.25, 0.3) is 77.2 Å². The van der Waals surface area contributed by atoms with Crippen molar-refractivity contribution in [2.24, 2.45) is 0 Å². The Morgan fingerprint density at radius 2 is 0.923 bits per heavy atom. The number of thiazole rings is 1. The number of fused-ring (bicyclic) bond motifs is 4. The number of hydrogen-bond acceptors (Lipinski definition) is 5. The fourth-order valence-electron chi connectivity index (χ4n) is 7.35. The molecule has 0 N–H and O–H groups in total. The van der Waals surface area contributed by atoms with E-state index in [2.05, 4.69) is 115 Å². The largest absolute Gasteiger partial charge is 0.236 e. The summed E-state index contributed by atoms with van der Waals surface area (Å²) in [5.41, 5.74) is 13.9. The first-order valence-corrected chi connectivity index (χ1v) is 18.2. The van der Waals surface area contributed by atoms with Crippen molar-refractivity contribution in [1.29, 1.82) is 0 Å². The van der Waals surface area contributed by atoms with Gasteiger partial charge in [0.25, 0.3) is 0 Å². The molecule has 0 spiro atoms. The Balaban J connectivity index is 1.01. The summed E-state index contributed by atoms with van der Waals surface area (Å²) in [6.07, 6.45) is 0. The minimum absolute atomic E-state index is 0.243. The van der Waals surface area contributed by atoms with Crippen molar-refractivity contribution in [2.45, 2.75) is 5.92 Å². The van der Waals surface area contributed by atoms with Crippen LogP contribution in [0.1, 0.15) is 22.6 Å². The molecule has 9 aromatic rings. The highest BCUT2D eigenvalue weighted by molar-refractivity contribution is 7.21. The third-order valence-electron chi connectivity index (χ3n) is 9.85. The van der Waals surface area contributed by atoms with Gasteiger partial charge in [-0.25, -0.2) is 19.9 Å². The summed E-state index contributed by atoms with van der Waals surface area (Å²) < 4.78 is 1.12. The molecule has 0 saturated carbocycles. The smallest absolute Gasteiger partial charge is 0.164 e. The molecule has 0 bridgehead atoms. The molecule has 1 atom stereocenters. The van der Waals surface area contributed by atoms with E-state index < -0.39 is 0 Å². The topological polar surface area (TPSA) is 51.6 Å². The number of hydrogen-bond donors (Lipinski definition) is 0. The van der Waals surface area contributed by atoms with Crippen LogP contribution in [0.3, 0.4) is 0 Å². The van der Waals surface area contributed by atoms with Crippen molar-refractivity contribution in [2.75, 3.05) is 0 Å². The predicted molar refractivity (Wildman–Crippen MR) is 213 cm³/mol. The number of nitrogens with zero attached hydrogens (tertiary/aromatic N) is 4. The summed E-state index contributed by atoms with van der Waals surface area (Å²) >= 11 is 1.70. The van der Waals surface area contributed by atoms with Gasteiger partial charge in [0.15, 0.2) is 17.5 Å². The highest BCUT2D eigenvalue weighted by Crippen LogP contribution is 2.49. The molecule has 2 aromatic heterocycles. The molecule has 0 aliphatic heterocycles. The zero-order valence-corrected chi connectivity index (χ0v) is 28.8. The van der Waals surface area contributed by atoms with Crippen molar-refractivity contribution in [3.63, 3.8) is 0 Å². The lowest BCUT2D eigenvalue weighted by atomic mass is 9.89. The highest BCUT2D eigenvalue weighted by Gasteiger charge is 2.29. The van der Waals surface area contributed by atoms with E-state index in [-0.39, 0.29) is 5.92 Å². The van der Waals surface area contributed by atoms with E-state index in [0.29, 0.717) is 17.5 Å². The predicted octanol–water partition coefficient (Wildman–Crippen LogP) is 12.0. The third-order valence-corrected chi connectivity index (χ3v) is 10.9. The molecule has 244 valence electrons. The molecule has 2 heterocycles. The quantitative estimate of drug-likeness (QED) is 0.175. The maximum Gasteiger partial charge on any atom is 0.164 e. The molecule has 0 radical (unpaired) electrons. The average Bonchev–Trinajstić information content (AvgIpc) is 3.81. The van der Waals surface area contributed by atoms with E-state index in [9.17, 15) is 0 Å². The monoisotopic (exact) mass is 682 g/mol. The zero-order chi connectivity index (χ0) is 34.4. The standard InChI is InChI=1S/C47H30N4S/c1-4-13-30(14-5-1)43-38-22-11-10-21-37(38)40-28-34(23-25-39(40)43)33-19-12-20-36(27-33)47-48-41-29-35(24-26-42(41)52-47)46-50-44(31-15-6-2-7-16-31)49-45(51-46)32-17-8-3-9-18-32/h1-29,43H. The second kappa shape index (κ2) is 12.6. The first-order valence-electron chi connectivity index (χ1n) is 17.4. The van der Waals surface area contributed by atoms with Gasteiger partial charge < -0.3 is 0 Å². The van der Waals surface area contributed by atoms with Crippen LogP contribution in [0.5, 0.6) is 0 Å². The van der Waals surface area contributed by atoms with Crippen LogP contribution < -0.4 is 0 Å². The lowest BCUT2D eigenvalue weighted by molar-refractivity contribution is 1.02. The van der Waals surface area contributed by atoms with Crippen LogP contribution in [0.2, 0.25) is 0 Å². The Bertz CT molecular complexity index is 2680. The maximum absolute atomic E-state index is 5.14. The van der Waals surface area contributed by atoms with Gasteiger partial charge in [-0.1, -0.05) is 146 Å². The summed E-state index contributed by atoms with van der Waals surface area (Å²) in [6.45, 7) is 0. The first-order chi connectivity index (χ1) is 25.7. The van der Waals surface area contributed by atoms with Gasteiger partial charge in [-0.3, -0.25) is 0 Å². The number of rotatable bonds is 6. The number of benzene rings is 7. The Kier molecular flexibility index (Phi) is 7.36. The second-order valence-corrected chi connectivity index (χ2v) is 14.1. The SMILES string of the molecule is c1ccc(-c2nc(-c3ccccc3)nc(-c3ccc4sc(-c5cccc(-c6ccc7c(c6)-c6ccccc6C7c6ccccc6)c5)nc4c3)n2)cc1. The fraction of sp³-hybridized carbons (Fsp3) is 0.0213. The van der Waals surface area contributed by atoms with Crippen molar-refractivity contribution in [3.8, 4) is 67.0 Å².